The van der Waals surface area contributed by atoms with Gasteiger partial charge in [0.1, 0.15) is 0 Å². The molecule has 2 aromatic carbocycles. The number of hydrogen-bond acceptors (Lipinski definition) is 3. The molecular weight excluding hydrogens is 306 g/mol. The van der Waals surface area contributed by atoms with Crippen LogP contribution < -0.4 is 5.32 Å². The van der Waals surface area contributed by atoms with E-state index in [1.54, 1.807) is 12.1 Å². The van der Waals surface area contributed by atoms with Gasteiger partial charge in [0.05, 0.1) is 18.8 Å². The van der Waals surface area contributed by atoms with Gasteiger partial charge in [-0.15, -0.1) is 0 Å². The lowest BCUT2D eigenvalue weighted by molar-refractivity contribution is 0.0697. The average molecular weight is 327 g/mol. The molecule has 0 saturated heterocycles. The molecule has 2 N–H and O–H groups in total. The predicted molar refractivity (Wildman–Crippen MR) is 91.0 cm³/mol. The average Bonchev–Trinajstić information content (AvgIpc) is 2.60. The Labute approximate surface area is 141 Å². The number of ether oxygens (including phenoxy) is 1. The Morgan fingerprint density at radius 1 is 1.08 bits per heavy atom. The Morgan fingerprint density at radius 3 is 2.50 bits per heavy atom. The van der Waals surface area contributed by atoms with E-state index in [0.717, 1.165) is 5.56 Å². The van der Waals surface area contributed by atoms with Crippen LogP contribution in [0.5, 0.6) is 0 Å². The molecule has 0 spiro atoms. The van der Waals surface area contributed by atoms with E-state index in [9.17, 15) is 9.59 Å². The molecule has 2 rings (SSSR count). The molecule has 126 valence electrons. The van der Waals surface area contributed by atoms with Crippen molar-refractivity contribution >= 4 is 11.9 Å². The van der Waals surface area contributed by atoms with Gasteiger partial charge in [0.2, 0.25) is 0 Å². The van der Waals surface area contributed by atoms with E-state index < -0.39 is 5.97 Å². The first-order valence-corrected chi connectivity index (χ1v) is 7.79. The van der Waals surface area contributed by atoms with Gasteiger partial charge in [-0.25, -0.2) is 4.79 Å². The lowest BCUT2D eigenvalue weighted by Gasteiger charge is -2.13. The highest BCUT2D eigenvalue weighted by atomic mass is 16.5. The number of carbonyl (C=O) groups excluding carboxylic acids is 1. The fraction of sp³-hybridized carbons (Fsp3) is 0.263. The molecule has 0 aromatic heterocycles. The largest absolute Gasteiger partial charge is 0.478 e. The van der Waals surface area contributed by atoms with E-state index >= 15 is 0 Å². The number of carboxylic acid groups (broad SMARTS) is 1. The van der Waals surface area contributed by atoms with Crippen LogP contribution in [0.25, 0.3) is 0 Å². The van der Waals surface area contributed by atoms with Crippen LogP contribution in [0.15, 0.2) is 54.6 Å². The van der Waals surface area contributed by atoms with Crippen LogP contribution in [0.3, 0.4) is 0 Å². The Kier molecular flexibility index (Phi) is 6.51. The smallest absolute Gasteiger partial charge is 0.335 e. The van der Waals surface area contributed by atoms with Gasteiger partial charge < -0.3 is 15.2 Å². The summed E-state index contributed by atoms with van der Waals surface area (Å²) >= 11 is 0. The highest BCUT2D eigenvalue weighted by Gasteiger charge is 2.11. The molecule has 1 atom stereocenters. The van der Waals surface area contributed by atoms with Crippen LogP contribution in [0.2, 0.25) is 0 Å². The lowest BCUT2D eigenvalue weighted by Crippen LogP contribution is -2.30. The highest BCUT2D eigenvalue weighted by Crippen LogP contribution is 2.06. The van der Waals surface area contributed by atoms with Crippen LogP contribution in [0, 0.1) is 5.92 Å². The summed E-state index contributed by atoms with van der Waals surface area (Å²) in [5, 5.41) is 11.8. The monoisotopic (exact) mass is 327 g/mol. The first-order valence-electron chi connectivity index (χ1n) is 7.79. The zero-order valence-electron chi connectivity index (χ0n) is 13.6. The number of carboxylic acids is 1. The summed E-state index contributed by atoms with van der Waals surface area (Å²) in [5.74, 6) is -1.18. The third-order valence-corrected chi connectivity index (χ3v) is 3.50. The maximum atomic E-state index is 12.1. The van der Waals surface area contributed by atoms with Crippen molar-refractivity contribution in [3.05, 3.63) is 71.3 Å². The number of benzene rings is 2. The van der Waals surface area contributed by atoms with Gasteiger partial charge in [-0.3, -0.25) is 4.79 Å². The summed E-state index contributed by atoms with van der Waals surface area (Å²) < 4.78 is 5.64. The van der Waals surface area contributed by atoms with Crippen molar-refractivity contribution < 1.29 is 19.4 Å². The minimum Gasteiger partial charge on any atom is -0.478 e. The summed E-state index contributed by atoms with van der Waals surface area (Å²) in [5.41, 5.74) is 1.55. The predicted octanol–water partition coefficient (Wildman–Crippen LogP) is 2.97. The van der Waals surface area contributed by atoms with Crippen molar-refractivity contribution in [1.82, 2.24) is 5.32 Å². The van der Waals surface area contributed by atoms with Gasteiger partial charge in [0.15, 0.2) is 0 Å². The molecule has 0 fully saturated rings. The summed E-state index contributed by atoms with van der Waals surface area (Å²) in [7, 11) is 0. The first-order chi connectivity index (χ1) is 11.6. The number of aromatic carboxylic acids is 1. The summed E-state index contributed by atoms with van der Waals surface area (Å²) in [6.07, 6.45) is 0. The summed E-state index contributed by atoms with van der Waals surface area (Å²) in [6.45, 7) is 3.52. The summed E-state index contributed by atoms with van der Waals surface area (Å²) in [6, 6.07) is 15.9. The molecule has 24 heavy (non-hydrogen) atoms. The van der Waals surface area contributed by atoms with Gasteiger partial charge >= 0.3 is 5.97 Å². The van der Waals surface area contributed by atoms with E-state index in [1.165, 1.54) is 12.1 Å². The van der Waals surface area contributed by atoms with Gasteiger partial charge in [-0.05, 0) is 29.7 Å². The maximum absolute atomic E-state index is 12.1. The second-order valence-electron chi connectivity index (χ2n) is 5.70. The molecule has 0 saturated carbocycles. The second kappa shape index (κ2) is 8.84. The molecule has 0 bridgehead atoms. The normalized spacial score (nSPS) is 11.7. The quantitative estimate of drug-likeness (QED) is 0.781. The SMILES string of the molecule is CC(CNC(=O)c1cccc(C(=O)O)c1)COCc1ccccc1. The van der Waals surface area contributed by atoms with Crippen molar-refractivity contribution in [1.29, 1.82) is 0 Å². The van der Waals surface area contributed by atoms with Crippen LogP contribution in [0.4, 0.5) is 0 Å². The molecule has 0 aliphatic rings. The molecule has 2 aromatic rings. The second-order valence-corrected chi connectivity index (χ2v) is 5.70. The van der Waals surface area contributed by atoms with Gasteiger partial charge in [-0.2, -0.15) is 0 Å². The maximum Gasteiger partial charge on any atom is 0.335 e. The van der Waals surface area contributed by atoms with Gasteiger partial charge in [0.25, 0.3) is 5.91 Å². The van der Waals surface area contributed by atoms with Crippen molar-refractivity contribution in [2.45, 2.75) is 13.5 Å². The van der Waals surface area contributed by atoms with Crippen molar-refractivity contribution in [3.8, 4) is 0 Å². The van der Waals surface area contributed by atoms with E-state index in [2.05, 4.69) is 5.32 Å². The van der Waals surface area contributed by atoms with Crippen LogP contribution >= 0.6 is 0 Å². The van der Waals surface area contributed by atoms with Crippen LogP contribution in [-0.2, 0) is 11.3 Å². The van der Waals surface area contributed by atoms with Gasteiger partial charge in [0, 0.05) is 12.1 Å². The number of carbonyl (C=O) groups is 2. The molecule has 0 aliphatic carbocycles. The van der Waals surface area contributed by atoms with E-state index in [-0.39, 0.29) is 17.4 Å². The number of amides is 1. The number of nitrogens with one attached hydrogen (secondary N) is 1. The zero-order valence-corrected chi connectivity index (χ0v) is 13.6. The van der Waals surface area contributed by atoms with Gasteiger partial charge in [-0.1, -0.05) is 43.3 Å². The Morgan fingerprint density at radius 2 is 1.79 bits per heavy atom. The molecule has 0 radical (unpaired) electrons. The lowest BCUT2D eigenvalue weighted by atomic mass is 10.1. The molecule has 0 heterocycles. The zero-order chi connectivity index (χ0) is 17.4. The highest BCUT2D eigenvalue weighted by molar-refractivity contribution is 5.97. The van der Waals surface area contributed by atoms with Crippen LogP contribution in [0.1, 0.15) is 33.2 Å². The molecular formula is C19H21NO4. The first kappa shape index (κ1) is 17.7. The summed E-state index contributed by atoms with van der Waals surface area (Å²) in [4.78, 5) is 23.0. The van der Waals surface area contributed by atoms with Crippen molar-refractivity contribution in [3.63, 3.8) is 0 Å². The van der Waals surface area contributed by atoms with E-state index in [0.29, 0.717) is 25.3 Å². The van der Waals surface area contributed by atoms with Crippen molar-refractivity contribution in [2.24, 2.45) is 5.92 Å². The Hall–Kier alpha value is -2.66. The molecule has 1 amide bonds. The fourth-order valence-corrected chi connectivity index (χ4v) is 2.17. The Balaban J connectivity index is 1.75. The standard InChI is InChI=1S/C19H21NO4/c1-14(12-24-13-15-6-3-2-4-7-15)11-20-18(21)16-8-5-9-17(10-16)19(22)23/h2-10,14H,11-13H2,1H3,(H,20,21)(H,22,23). The molecule has 1 unspecified atom stereocenters. The van der Waals surface area contributed by atoms with Crippen molar-refractivity contribution in [2.75, 3.05) is 13.2 Å². The molecule has 0 aliphatic heterocycles. The topological polar surface area (TPSA) is 75.6 Å². The minimum absolute atomic E-state index is 0.0990. The number of hydrogen-bond donors (Lipinski definition) is 2. The third kappa shape index (κ3) is 5.52. The van der Waals surface area contributed by atoms with E-state index in [4.69, 9.17) is 9.84 Å². The fourth-order valence-electron chi connectivity index (χ4n) is 2.17. The number of rotatable bonds is 8. The minimum atomic E-state index is -1.05. The molecule has 5 heteroatoms. The van der Waals surface area contributed by atoms with E-state index in [1.807, 2.05) is 37.3 Å². The Bertz CT molecular complexity index is 685. The molecule has 5 nitrogen and oxygen atoms in total. The van der Waals surface area contributed by atoms with Crippen LogP contribution in [-0.4, -0.2) is 30.1 Å². The third-order valence-electron chi connectivity index (χ3n) is 3.50.